The summed E-state index contributed by atoms with van der Waals surface area (Å²) in [5.74, 6) is -0.524. The van der Waals surface area contributed by atoms with Gasteiger partial charge in [-0.15, -0.1) is 0 Å². The molecular weight excluding hydrogens is 266 g/mol. The molecule has 4 heteroatoms. The number of benzene rings is 2. The van der Waals surface area contributed by atoms with Gasteiger partial charge in [0.1, 0.15) is 6.10 Å². The number of imide groups is 1. The van der Waals surface area contributed by atoms with Crippen LogP contribution >= 0.6 is 0 Å². The minimum atomic E-state index is -0.400. The van der Waals surface area contributed by atoms with E-state index in [0.29, 0.717) is 0 Å². The van der Waals surface area contributed by atoms with Crippen LogP contribution in [0, 0.1) is 0 Å². The van der Waals surface area contributed by atoms with E-state index in [9.17, 15) is 9.59 Å². The van der Waals surface area contributed by atoms with Gasteiger partial charge in [-0.1, -0.05) is 48.5 Å². The molecule has 0 saturated carbocycles. The normalized spacial score (nSPS) is 17.2. The lowest BCUT2D eigenvalue weighted by atomic mass is 10.1. The van der Waals surface area contributed by atoms with Gasteiger partial charge in [-0.25, -0.2) is 0 Å². The molecule has 0 N–H and O–H groups in total. The summed E-state index contributed by atoms with van der Waals surface area (Å²) in [5.41, 5.74) is 4.17. The highest BCUT2D eigenvalue weighted by molar-refractivity contribution is 6.00. The Labute approximate surface area is 121 Å². The van der Waals surface area contributed by atoms with Crippen molar-refractivity contribution in [2.24, 2.45) is 0 Å². The number of carbonyl (C=O) groups is 2. The van der Waals surface area contributed by atoms with Crippen LogP contribution in [-0.4, -0.2) is 16.9 Å². The summed E-state index contributed by atoms with van der Waals surface area (Å²) in [4.78, 5) is 29.3. The smallest absolute Gasteiger partial charge is 0.254 e. The van der Waals surface area contributed by atoms with Crippen LogP contribution < -0.4 is 0 Å². The molecule has 2 aliphatic rings. The van der Waals surface area contributed by atoms with Crippen molar-refractivity contribution in [3.8, 4) is 11.1 Å². The second-order valence-electron chi connectivity index (χ2n) is 5.24. The van der Waals surface area contributed by atoms with Crippen molar-refractivity contribution >= 4 is 11.8 Å². The first-order valence-corrected chi connectivity index (χ1v) is 6.96. The van der Waals surface area contributed by atoms with Gasteiger partial charge >= 0.3 is 0 Å². The van der Waals surface area contributed by atoms with Crippen molar-refractivity contribution in [1.29, 1.82) is 0 Å². The molecule has 2 amide bonds. The van der Waals surface area contributed by atoms with Crippen LogP contribution in [0.25, 0.3) is 11.1 Å². The molecule has 1 saturated heterocycles. The van der Waals surface area contributed by atoms with Crippen molar-refractivity contribution in [3.63, 3.8) is 0 Å². The van der Waals surface area contributed by atoms with Crippen LogP contribution in [0.3, 0.4) is 0 Å². The predicted molar refractivity (Wildman–Crippen MR) is 75.9 cm³/mol. The van der Waals surface area contributed by atoms with Crippen molar-refractivity contribution in [3.05, 3.63) is 59.7 Å². The summed E-state index contributed by atoms with van der Waals surface area (Å²) in [5, 5.41) is 0.934. The minimum absolute atomic E-state index is 0.231. The largest absolute Gasteiger partial charge is 0.272 e. The SMILES string of the molecule is O=C1CCC(=O)N1OC1c2ccccc2-c2ccccc21. The molecule has 0 radical (unpaired) electrons. The Kier molecular flexibility index (Phi) is 2.65. The first-order valence-electron chi connectivity index (χ1n) is 6.96. The third-order valence-corrected chi connectivity index (χ3v) is 3.99. The van der Waals surface area contributed by atoms with Gasteiger partial charge in [0.2, 0.25) is 0 Å². The standard InChI is InChI=1S/C17H13NO3/c19-15-9-10-16(20)18(15)21-17-13-7-3-1-5-11(13)12-6-2-4-8-14(12)17/h1-8,17H,9-10H2. The van der Waals surface area contributed by atoms with E-state index in [-0.39, 0.29) is 24.7 Å². The number of rotatable bonds is 2. The lowest BCUT2D eigenvalue weighted by Crippen LogP contribution is -2.31. The quantitative estimate of drug-likeness (QED) is 0.794. The summed E-state index contributed by atoms with van der Waals surface area (Å²) in [6.07, 6.45) is 0.0624. The maximum Gasteiger partial charge on any atom is 0.254 e. The van der Waals surface area contributed by atoms with Gasteiger partial charge < -0.3 is 0 Å². The van der Waals surface area contributed by atoms with E-state index in [1.54, 1.807) is 0 Å². The van der Waals surface area contributed by atoms with Crippen LogP contribution in [0.5, 0.6) is 0 Å². The first-order chi connectivity index (χ1) is 10.3. The molecule has 2 aromatic rings. The van der Waals surface area contributed by atoms with Crippen LogP contribution in [-0.2, 0) is 14.4 Å². The fraction of sp³-hybridized carbons (Fsp3) is 0.176. The lowest BCUT2D eigenvalue weighted by molar-refractivity contribution is -0.198. The van der Waals surface area contributed by atoms with E-state index in [1.807, 2.05) is 48.5 Å². The number of amides is 2. The Bertz CT molecular complexity index is 692. The molecule has 21 heavy (non-hydrogen) atoms. The van der Waals surface area contributed by atoms with Crippen LogP contribution in [0.2, 0.25) is 0 Å². The second kappa shape index (κ2) is 4.53. The number of hydroxylamine groups is 2. The molecular formula is C17H13NO3. The van der Waals surface area contributed by atoms with E-state index in [0.717, 1.165) is 27.3 Å². The first kappa shape index (κ1) is 12.3. The van der Waals surface area contributed by atoms with Crippen molar-refractivity contribution in [2.45, 2.75) is 18.9 Å². The van der Waals surface area contributed by atoms with Gasteiger partial charge in [0.05, 0.1) is 0 Å². The highest BCUT2D eigenvalue weighted by Gasteiger charge is 2.37. The van der Waals surface area contributed by atoms with Crippen molar-refractivity contribution in [1.82, 2.24) is 5.06 Å². The lowest BCUT2D eigenvalue weighted by Gasteiger charge is -2.20. The summed E-state index contributed by atoms with van der Waals surface area (Å²) in [6.45, 7) is 0. The molecule has 1 heterocycles. The zero-order chi connectivity index (χ0) is 14.4. The molecule has 1 aliphatic carbocycles. The number of hydrogen-bond acceptors (Lipinski definition) is 3. The maximum absolute atomic E-state index is 11.8. The number of fused-ring (bicyclic) bond motifs is 3. The minimum Gasteiger partial charge on any atom is -0.272 e. The van der Waals surface area contributed by atoms with Crippen molar-refractivity contribution < 1.29 is 14.4 Å². The summed E-state index contributed by atoms with van der Waals surface area (Å²) in [7, 11) is 0. The Balaban J connectivity index is 1.78. The molecule has 1 aliphatic heterocycles. The van der Waals surface area contributed by atoms with Crippen LogP contribution in [0.1, 0.15) is 30.1 Å². The van der Waals surface area contributed by atoms with Gasteiger partial charge in [0, 0.05) is 12.8 Å². The summed E-state index contributed by atoms with van der Waals surface area (Å²) >= 11 is 0. The Morgan fingerprint density at radius 2 is 1.29 bits per heavy atom. The molecule has 0 bridgehead atoms. The van der Waals surface area contributed by atoms with Gasteiger partial charge in [0.15, 0.2) is 0 Å². The van der Waals surface area contributed by atoms with Crippen LogP contribution in [0.15, 0.2) is 48.5 Å². The fourth-order valence-electron chi connectivity index (χ4n) is 3.00. The average Bonchev–Trinajstić information content (AvgIpc) is 3.01. The average molecular weight is 279 g/mol. The molecule has 0 aromatic heterocycles. The van der Waals surface area contributed by atoms with Gasteiger partial charge in [0.25, 0.3) is 11.8 Å². The third-order valence-electron chi connectivity index (χ3n) is 3.99. The number of hydrogen-bond donors (Lipinski definition) is 0. The number of nitrogens with zero attached hydrogens (tertiary/aromatic N) is 1. The molecule has 0 atom stereocenters. The highest BCUT2D eigenvalue weighted by atomic mass is 16.7. The third kappa shape index (κ3) is 1.80. The van der Waals surface area contributed by atoms with E-state index in [2.05, 4.69) is 0 Å². The molecule has 2 aromatic carbocycles. The highest BCUT2D eigenvalue weighted by Crippen LogP contribution is 2.45. The van der Waals surface area contributed by atoms with E-state index in [4.69, 9.17) is 4.84 Å². The molecule has 0 spiro atoms. The van der Waals surface area contributed by atoms with Crippen molar-refractivity contribution in [2.75, 3.05) is 0 Å². The summed E-state index contributed by atoms with van der Waals surface area (Å²) in [6, 6.07) is 15.9. The molecule has 104 valence electrons. The fourth-order valence-corrected chi connectivity index (χ4v) is 3.00. The number of carbonyl (C=O) groups excluding carboxylic acids is 2. The molecule has 4 rings (SSSR count). The molecule has 4 nitrogen and oxygen atoms in total. The van der Waals surface area contributed by atoms with E-state index in [1.165, 1.54) is 0 Å². The Morgan fingerprint density at radius 1 is 0.810 bits per heavy atom. The van der Waals surface area contributed by atoms with Crippen LogP contribution in [0.4, 0.5) is 0 Å². The maximum atomic E-state index is 11.8. The van der Waals surface area contributed by atoms with Gasteiger partial charge in [-0.3, -0.25) is 14.4 Å². The summed E-state index contributed by atoms with van der Waals surface area (Å²) < 4.78 is 0. The van der Waals surface area contributed by atoms with Gasteiger partial charge in [-0.2, -0.15) is 5.06 Å². The topological polar surface area (TPSA) is 46.6 Å². The zero-order valence-corrected chi connectivity index (χ0v) is 11.3. The monoisotopic (exact) mass is 279 g/mol. The van der Waals surface area contributed by atoms with E-state index >= 15 is 0 Å². The Hall–Kier alpha value is -2.46. The Morgan fingerprint density at radius 3 is 1.81 bits per heavy atom. The second-order valence-corrected chi connectivity index (χ2v) is 5.24. The predicted octanol–water partition coefficient (Wildman–Crippen LogP) is 2.84. The molecule has 0 unspecified atom stereocenters. The van der Waals surface area contributed by atoms with Gasteiger partial charge in [-0.05, 0) is 22.3 Å². The zero-order valence-electron chi connectivity index (χ0n) is 11.3. The molecule has 1 fully saturated rings. The van der Waals surface area contributed by atoms with E-state index < -0.39 is 6.10 Å².